The van der Waals surface area contributed by atoms with Gasteiger partial charge in [-0.2, -0.15) is 0 Å². The molecule has 1 unspecified atom stereocenters. The van der Waals surface area contributed by atoms with E-state index in [1.165, 1.54) is 0 Å². The van der Waals surface area contributed by atoms with Crippen molar-refractivity contribution < 1.29 is 19.1 Å². The topological polar surface area (TPSA) is 105 Å². The first-order valence-corrected chi connectivity index (χ1v) is 13.4. The quantitative estimate of drug-likeness (QED) is 0.520. The first-order valence-electron chi connectivity index (χ1n) is 13.0. The number of carbonyl (C=O) groups excluding carboxylic acids is 3. The molecule has 1 amide bonds. The number of esters is 1. The van der Waals surface area contributed by atoms with E-state index in [2.05, 4.69) is 24.1 Å². The minimum atomic E-state index is -1.75. The Bertz CT molecular complexity index is 1390. The molecule has 3 N–H and O–H groups in total. The molecule has 0 saturated carbocycles. The summed E-state index contributed by atoms with van der Waals surface area (Å²) in [6, 6.07) is 12.8. The number of Topliss-reactive ketones (excluding diaryl/α,β-unsaturated/α-hetero) is 1. The third-order valence-corrected chi connectivity index (χ3v) is 7.83. The lowest BCUT2D eigenvalue weighted by atomic mass is 9.63. The van der Waals surface area contributed by atoms with Crippen LogP contribution in [0.2, 0.25) is 5.02 Å². The van der Waals surface area contributed by atoms with E-state index in [1.54, 1.807) is 30.0 Å². The van der Waals surface area contributed by atoms with Gasteiger partial charge in [0.25, 0.3) is 0 Å². The molecule has 0 bridgehead atoms. The number of nitrogens with one attached hydrogen (secondary N) is 1. The van der Waals surface area contributed by atoms with Crippen molar-refractivity contribution in [3.8, 4) is 0 Å². The summed E-state index contributed by atoms with van der Waals surface area (Å²) in [5.74, 6) is -1.40. The Kier molecular flexibility index (Phi) is 6.69. The number of allylic oxidation sites excluding steroid dienone is 1. The van der Waals surface area contributed by atoms with Gasteiger partial charge in [0.2, 0.25) is 5.91 Å². The zero-order valence-corrected chi connectivity index (χ0v) is 22.5. The molecule has 2 heterocycles. The van der Waals surface area contributed by atoms with Crippen molar-refractivity contribution in [2.24, 2.45) is 5.73 Å². The molecule has 1 atom stereocenters. The Balaban J connectivity index is 1.81. The van der Waals surface area contributed by atoms with Crippen molar-refractivity contribution >= 4 is 46.3 Å². The lowest BCUT2D eigenvalue weighted by Crippen LogP contribution is -2.53. The van der Waals surface area contributed by atoms with Crippen molar-refractivity contribution in [2.45, 2.75) is 45.4 Å². The maximum Gasteiger partial charge on any atom is 0.339 e. The maximum absolute atomic E-state index is 14.0. The SMILES string of the molecule is CCOC(=O)C1=C(N)N(c2ccc(N(CC)CC)cc2)C2=C(C(=O)CCC2)C12C(=O)Nc1ccc(Cl)cc12. The number of ketones is 1. The fraction of sp³-hybridized carbons (Fsp3) is 0.345. The van der Waals surface area contributed by atoms with E-state index in [1.807, 2.05) is 24.3 Å². The Hall–Kier alpha value is -3.78. The van der Waals surface area contributed by atoms with Crippen LogP contribution in [0.5, 0.6) is 0 Å². The molecule has 3 aliphatic rings. The molecule has 1 aliphatic carbocycles. The van der Waals surface area contributed by atoms with E-state index in [4.69, 9.17) is 22.1 Å². The summed E-state index contributed by atoms with van der Waals surface area (Å²) in [7, 11) is 0. The highest BCUT2D eigenvalue weighted by Crippen LogP contribution is 2.56. The second-order valence-electron chi connectivity index (χ2n) is 9.50. The lowest BCUT2D eigenvalue weighted by molar-refractivity contribution is -0.140. The number of nitrogens with two attached hydrogens (primary N) is 1. The molecule has 198 valence electrons. The summed E-state index contributed by atoms with van der Waals surface area (Å²) in [5, 5.41) is 3.24. The highest BCUT2D eigenvalue weighted by molar-refractivity contribution is 6.31. The largest absolute Gasteiger partial charge is 0.462 e. The number of fused-ring (bicyclic) bond motifs is 3. The second kappa shape index (κ2) is 9.83. The summed E-state index contributed by atoms with van der Waals surface area (Å²) in [6.07, 6.45) is 1.38. The zero-order chi connectivity index (χ0) is 27.2. The third-order valence-electron chi connectivity index (χ3n) is 7.59. The summed E-state index contributed by atoms with van der Waals surface area (Å²) in [4.78, 5) is 45.3. The van der Waals surface area contributed by atoms with E-state index in [0.29, 0.717) is 40.5 Å². The van der Waals surface area contributed by atoms with Crippen LogP contribution in [-0.4, -0.2) is 37.4 Å². The van der Waals surface area contributed by atoms with Gasteiger partial charge in [0.1, 0.15) is 16.8 Å². The molecule has 38 heavy (non-hydrogen) atoms. The van der Waals surface area contributed by atoms with Gasteiger partial charge in [0, 0.05) is 58.4 Å². The average Bonchev–Trinajstić information content (AvgIpc) is 3.17. The number of carbonyl (C=O) groups is 3. The molecule has 2 aliphatic heterocycles. The standard InChI is InChI=1S/C29H31ClN4O4/c1-4-33(5-2)18-11-13-19(14-12-18)34-22-8-7-9-23(35)24(22)29(25(26(34)31)27(36)38-6-3)20-16-17(30)10-15-21(20)32-28(29)37/h10-16H,4-9,31H2,1-3H3,(H,32,37). The number of ether oxygens (including phenoxy) is 1. The summed E-state index contributed by atoms with van der Waals surface area (Å²) < 4.78 is 5.45. The lowest BCUT2D eigenvalue weighted by Gasteiger charge is -2.44. The molecule has 0 saturated heterocycles. The number of benzene rings is 2. The molecular formula is C29H31ClN4O4. The van der Waals surface area contributed by atoms with Crippen LogP contribution in [0.1, 0.15) is 45.6 Å². The molecule has 0 fully saturated rings. The van der Waals surface area contributed by atoms with Crippen molar-refractivity contribution in [1.82, 2.24) is 0 Å². The highest BCUT2D eigenvalue weighted by atomic mass is 35.5. The Labute approximate surface area is 227 Å². The Morgan fingerprint density at radius 3 is 2.47 bits per heavy atom. The highest BCUT2D eigenvalue weighted by Gasteiger charge is 2.62. The van der Waals surface area contributed by atoms with Crippen LogP contribution in [0.15, 0.2) is 65.1 Å². The van der Waals surface area contributed by atoms with Crippen molar-refractivity contribution in [1.29, 1.82) is 0 Å². The van der Waals surface area contributed by atoms with Crippen molar-refractivity contribution in [3.63, 3.8) is 0 Å². The fourth-order valence-electron chi connectivity index (χ4n) is 5.98. The van der Waals surface area contributed by atoms with Crippen LogP contribution in [0, 0.1) is 0 Å². The Morgan fingerprint density at radius 1 is 1.11 bits per heavy atom. The number of hydrogen-bond acceptors (Lipinski definition) is 7. The molecule has 5 rings (SSSR count). The molecule has 2 aromatic carbocycles. The van der Waals surface area contributed by atoms with Crippen LogP contribution in [-0.2, 0) is 24.5 Å². The van der Waals surface area contributed by atoms with Gasteiger partial charge in [-0.15, -0.1) is 0 Å². The van der Waals surface area contributed by atoms with E-state index >= 15 is 0 Å². The predicted molar refractivity (Wildman–Crippen MR) is 148 cm³/mol. The molecule has 0 aromatic heterocycles. The van der Waals surface area contributed by atoms with E-state index in [9.17, 15) is 14.4 Å². The molecule has 0 radical (unpaired) electrons. The van der Waals surface area contributed by atoms with Crippen LogP contribution >= 0.6 is 11.6 Å². The van der Waals surface area contributed by atoms with Gasteiger partial charge in [-0.05, 0) is 76.1 Å². The monoisotopic (exact) mass is 534 g/mol. The van der Waals surface area contributed by atoms with Crippen LogP contribution < -0.4 is 20.9 Å². The van der Waals surface area contributed by atoms with Crippen LogP contribution in [0.3, 0.4) is 0 Å². The molecule has 2 aromatic rings. The summed E-state index contributed by atoms with van der Waals surface area (Å²) in [5.41, 5.74) is 8.55. The summed E-state index contributed by atoms with van der Waals surface area (Å²) in [6.45, 7) is 7.67. The predicted octanol–water partition coefficient (Wildman–Crippen LogP) is 4.64. The smallest absolute Gasteiger partial charge is 0.339 e. The molecular weight excluding hydrogens is 504 g/mol. The van der Waals surface area contributed by atoms with E-state index < -0.39 is 17.3 Å². The normalized spacial score (nSPS) is 20.5. The van der Waals surface area contributed by atoms with Crippen LogP contribution in [0.4, 0.5) is 17.1 Å². The van der Waals surface area contributed by atoms with Gasteiger partial charge in [-0.1, -0.05) is 11.6 Å². The van der Waals surface area contributed by atoms with Gasteiger partial charge in [-0.3, -0.25) is 14.5 Å². The fourth-order valence-corrected chi connectivity index (χ4v) is 6.15. The minimum Gasteiger partial charge on any atom is -0.462 e. The van der Waals surface area contributed by atoms with Gasteiger partial charge in [0.15, 0.2) is 5.78 Å². The second-order valence-corrected chi connectivity index (χ2v) is 9.93. The van der Waals surface area contributed by atoms with Crippen molar-refractivity contribution in [3.05, 3.63) is 75.7 Å². The first kappa shape index (κ1) is 25.9. The summed E-state index contributed by atoms with van der Waals surface area (Å²) >= 11 is 6.38. The number of rotatable bonds is 6. The van der Waals surface area contributed by atoms with Gasteiger partial charge >= 0.3 is 5.97 Å². The van der Waals surface area contributed by atoms with E-state index in [-0.39, 0.29) is 35.8 Å². The number of hydrogen-bond donors (Lipinski definition) is 2. The van der Waals surface area contributed by atoms with Crippen LogP contribution in [0.25, 0.3) is 0 Å². The maximum atomic E-state index is 14.0. The number of anilines is 3. The van der Waals surface area contributed by atoms with Gasteiger partial charge in [-0.25, -0.2) is 4.79 Å². The third kappa shape index (κ3) is 3.69. The average molecular weight is 535 g/mol. The number of halogens is 1. The van der Waals surface area contributed by atoms with Crippen molar-refractivity contribution in [2.75, 3.05) is 34.8 Å². The molecule has 9 heteroatoms. The van der Waals surface area contributed by atoms with Gasteiger partial charge in [0.05, 0.1) is 6.61 Å². The molecule has 8 nitrogen and oxygen atoms in total. The minimum absolute atomic E-state index is 0.0652. The van der Waals surface area contributed by atoms with E-state index in [0.717, 1.165) is 18.8 Å². The first-order chi connectivity index (χ1) is 18.3. The zero-order valence-electron chi connectivity index (χ0n) is 21.8. The number of nitrogens with zero attached hydrogens (tertiary/aromatic N) is 2. The molecule has 1 spiro atoms. The number of amides is 1. The Morgan fingerprint density at radius 2 is 1.82 bits per heavy atom. The van der Waals surface area contributed by atoms with Gasteiger partial charge < -0.3 is 20.7 Å².